The Morgan fingerprint density at radius 1 is 1.22 bits per heavy atom. The summed E-state index contributed by atoms with van der Waals surface area (Å²) in [6.45, 7) is 8.66. The van der Waals surface area contributed by atoms with Gasteiger partial charge in [0.05, 0.1) is 12.3 Å². The van der Waals surface area contributed by atoms with Crippen molar-refractivity contribution in [2.24, 2.45) is 0 Å². The molecule has 27 heavy (non-hydrogen) atoms. The number of nitrogens with one attached hydrogen (secondary N) is 2. The van der Waals surface area contributed by atoms with Crippen LogP contribution in [0.1, 0.15) is 49.0 Å². The van der Waals surface area contributed by atoms with Gasteiger partial charge in [0.15, 0.2) is 0 Å². The van der Waals surface area contributed by atoms with Gasteiger partial charge in [0, 0.05) is 24.6 Å². The Morgan fingerprint density at radius 3 is 2.56 bits per heavy atom. The van der Waals surface area contributed by atoms with E-state index in [4.69, 9.17) is 4.74 Å². The summed E-state index contributed by atoms with van der Waals surface area (Å²) in [7, 11) is 0. The molecule has 0 saturated heterocycles. The normalized spacial score (nSPS) is 11.7. The Balaban J connectivity index is 1.94. The van der Waals surface area contributed by atoms with Crippen LogP contribution in [0.2, 0.25) is 0 Å². The zero-order valence-corrected chi connectivity index (χ0v) is 17.1. The molecule has 1 aromatic heterocycles. The minimum Gasteiger partial charge on any atom is -0.494 e. The van der Waals surface area contributed by atoms with Gasteiger partial charge in [0.2, 0.25) is 5.91 Å². The minimum absolute atomic E-state index is 0.0549. The van der Waals surface area contributed by atoms with E-state index in [0.717, 1.165) is 22.7 Å². The fourth-order valence-electron chi connectivity index (χ4n) is 2.41. The second-order valence-corrected chi connectivity index (χ2v) is 7.27. The molecule has 2 N–H and O–H groups in total. The van der Waals surface area contributed by atoms with Crippen molar-refractivity contribution in [1.82, 2.24) is 15.6 Å². The van der Waals surface area contributed by atoms with E-state index in [9.17, 15) is 9.59 Å². The SMILES string of the molecule is CCOc1ccc(-c2nc(C)c(C(=O)NCCC(=O)NC(C)CC)s2)cc1. The van der Waals surface area contributed by atoms with Crippen molar-refractivity contribution in [3.63, 3.8) is 0 Å². The molecule has 0 spiro atoms. The zero-order valence-electron chi connectivity index (χ0n) is 16.3. The second kappa shape index (κ2) is 10.1. The molecule has 1 aromatic carbocycles. The van der Waals surface area contributed by atoms with Crippen LogP contribution in [0.15, 0.2) is 24.3 Å². The number of hydrogen-bond acceptors (Lipinski definition) is 5. The van der Waals surface area contributed by atoms with E-state index in [-0.39, 0.29) is 24.3 Å². The first-order valence-electron chi connectivity index (χ1n) is 9.22. The largest absolute Gasteiger partial charge is 0.494 e. The van der Waals surface area contributed by atoms with Gasteiger partial charge in [-0.25, -0.2) is 4.98 Å². The van der Waals surface area contributed by atoms with Gasteiger partial charge in [-0.3, -0.25) is 9.59 Å². The molecular formula is C20H27N3O3S. The van der Waals surface area contributed by atoms with Crippen molar-refractivity contribution in [3.8, 4) is 16.3 Å². The van der Waals surface area contributed by atoms with Crippen molar-refractivity contribution in [3.05, 3.63) is 34.8 Å². The molecule has 2 rings (SSSR count). The molecule has 1 atom stereocenters. The van der Waals surface area contributed by atoms with Crippen LogP contribution < -0.4 is 15.4 Å². The number of aromatic nitrogens is 1. The number of aryl methyl sites for hydroxylation is 1. The van der Waals surface area contributed by atoms with Crippen LogP contribution in [0.25, 0.3) is 10.6 Å². The Labute approximate surface area is 164 Å². The lowest BCUT2D eigenvalue weighted by molar-refractivity contribution is -0.121. The molecule has 0 fully saturated rings. The third kappa shape index (κ3) is 6.06. The Bertz CT molecular complexity index is 771. The van der Waals surface area contributed by atoms with Crippen molar-refractivity contribution >= 4 is 23.2 Å². The summed E-state index contributed by atoms with van der Waals surface area (Å²) in [4.78, 5) is 29.3. The molecule has 6 nitrogen and oxygen atoms in total. The molecule has 1 heterocycles. The first-order valence-corrected chi connectivity index (χ1v) is 10.0. The lowest BCUT2D eigenvalue weighted by Crippen LogP contribution is -2.35. The van der Waals surface area contributed by atoms with Crippen molar-refractivity contribution in [1.29, 1.82) is 0 Å². The number of ether oxygens (including phenoxy) is 1. The Morgan fingerprint density at radius 2 is 1.93 bits per heavy atom. The number of carbonyl (C=O) groups excluding carboxylic acids is 2. The smallest absolute Gasteiger partial charge is 0.263 e. The lowest BCUT2D eigenvalue weighted by atomic mass is 10.2. The fraction of sp³-hybridized carbons (Fsp3) is 0.450. The third-order valence-electron chi connectivity index (χ3n) is 4.07. The molecule has 0 saturated carbocycles. The number of amides is 2. The fourth-order valence-corrected chi connectivity index (χ4v) is 3.40. The molecule has 0 aliphatic rings. The quantitative estimate of drug-likeness (QED) is 0.687. The van der Waals surface area contributed by atoms with Gasteiger partial charge in [-0.2, -0.15) is 0 Å². The maximum atomic E-state index is 12.4. The highest BCUT2D eigenvalue weighted by atomic mass is 32.1. The number of nitrogens with zero attached hydrogens (tertiary/aromatic N) is 1. The van der Waals surface area contributed by atoms with Gasteiger partial charge in [0.25, 0.3) is 5.91 Å². The van der Waals surface area contributed by atoms with Crippen LogP contribution in [0.3, 0.4) is 0 Å². The molecular weight excluding hydrogens is 362 g/mol. The predicted octanol–water partition coefficient (Wildman–Crippen LogP) is 3.55. The van der Waals surface area contributed by atoms with Gasteiger partial charge < -0.3 is 15.4 Å². The molecule has 146 valence electrons. The zero-order chi connectivity index (χ0) is 19.8. The highest BCUT2D eigenvalue weighted by Crippen LogP contribution is 2.29. The molecule has 7 heteroatoms. The van der Waals surface area contributed by atoms with E-state index in [1.807, 2.05) is 52.0 Å². The van der Waals surface area contributed by atoms with Crippen molar-refractivity contribution < 1.29 is 14.3 Å². The average Bonchev–Trinajstić information content (AvgIpc) is 3.04. The topological polar surface area (TPSA) is 80.3 Å². The number of thiazole rings is 1. The van der Waals surface area contributed by atoms with Gasteiger partial charge in [-0.15, -0.1) is 11.3 Å². The standard InChI is InChI=1S/C20H27N3O3S/c1-5-13(3)22-17(24)11-12-21-19(25)18-14(4)23-20(27-18)15-7-9-16(10-8-15)26-6-2/h7-10,13H,5-6,11-12H2,1-4H3,(H,21,25)(H,22,24). The summed E-state index contributed by atoms with van der Waals surface area (Å²) >= 11 is 1.35. The summed E-state index contributed by atoms with van der Waals surface area (Å²) < 4.78 is 5.44. The summed E-state index contributed by atoms with van der Waals surface area (Å²) in [5, 5.41) is 6.47. The maximum Gasteiger partial charge on any atom is 0.263 e. The van der Waals surface area contributed by atoms with E-state index in [0.29, 0.717) is 23.7 Å². The highest BCUT2D eigenvalue weighted by molar-refractivity contribution is 7.17. The summed E-state index contributed by atoms with van der Waals surface area (Å²) in [6.07, 6.45) is 1.15. The molecule has 0 radical (unpaired) electrons. The van der Waals surface area contributed by atoms with Crippen LogP contribution in [-0.4, -0.2) is 36.0 Å². The first kappa shape index (κ1) is 20.9. The molecule has 0 aliphatic carbocycles. The van der Waals surface area contributed by atoms with Gasteiger partial charge in [0.1, 0.15) is 15.6 Å². The monoisotopic (exact) mass is 389 g/mol. The van der Waals surface area contributed by atoms with Crippen LogP contribution in [0, 0.1) is 6.92 Å². The van der Waals surface area contributed by atoms with E-state index >= 15 is 0 Å². The van der Waals surface area contributed by atoms with Crippen LogP contribution >= 0.6 is 11.3 Å². The van der Waals surface area contributed by atoms with E-state index in [1.165, 1.54) is 11.3 Å². The molecule has 0 aliphatic heterocycles. The minimum atomic E-state index is -0.196. The van der Waals surface area contributed by atoms with Crippen LogP contribution in [0.5, 0.6) is 5.75 Å². The average molecular weight is 390 g/mol. The molecule has 2 aromatic rings. The highest BCUT2D eigenvalue weighted by Gasteiger charge is 2.16. The molecule has 0 bridgehead atoms. The summed E-state index contributed by atoms with van der Waals surface area (Å²) in [5.74, 6) is 0.558. The first-order chi connectivity index (χ1) is 12.9. The van der Waals surface area contributed by atoms with Gasteiger partial charge in [-0.1, -0.05) is 6.92 Å². The predicted molar refractivity (Wildman–Crippen MR) is 108 cm³/mol. The molecule has 2 amide bonds. The summed E-state index contributed by atoms with van der Waals surface area (Å²) in [5.41, 5.74) is 1.63. The van der Waals surface area contributed by atoms with Crippen molar-refractivity contribution in [2.75, 3.05) is 13.2 Å². The number of benzene rings is 1. The van der Waals surface area contributed by atoms with E-state index < -0.39 is 0 Å². The van der Waals surface area contributed by atoms with Crippen LogP contribution in [-0.2, 0) is 4.79 Å². The number of carbonyl (C=O) groups is 2. The Kier molecular flexibility index (Phi) is 7.79. The maximum absolute atomic E-state index is 12.4. The number of hydrogen-bond donors (Lipinski definition) is 2. The molecule has 1 unspecified atom stereocenters. The second-order valence-electron chi connectivity index (χ2n) is 6.27. The van der Waals surface area contributed by atoms with E-state index in [2.05, 4.69) is 15.6 Å². The van der Waals surface area contributed by atoms with Crippen molar-refractivity contribution in [2.45, 2.75) is 46.6 Å². The summed E-state index contributed by atoms with van der Waals surface area (Å²) in [6, 6.07) is 7.80. The lowest BCUT2D eigenvalue weighted by Gasteiger charge is -2.11. The van der Waals surface area contributed by atoms with Crippen LogP contribution in [0.4, 0.5) is 0 Å². The third-order valence-corrected chi connectivity index (χ3v) is 5.28. The Hall–Kier alpha value is -2.41. The van der Waals surface area contributed by atoms with Gasteiger partial charge >= 0.3 is 0 Å². The van der Waals surface area contributed by atoms with Gasteiger partial charge in [-0.05, 0) is 51.5 Å². The number of rotatable bonds is 9. The van der Waals surface area contributed by atoms with E-state index in [1.54, 1.807) is 0 Å².